The molecule has 21 heavy (non-hydrogen) atoms. The van der Waals surface area contributed by atoms with Gasteiger partial charge in [-0.3, -0.25) is 0 Å². The van der Waals surface area contributed by atoms with Gasteiger partial charge in [0.2, 0.25) is 0 Å². The number of hydrogen-bond donors (Lipinski definition) is 2. The van der Waals surface area contributed by atoms with Crippen molar-refractivity contribution in [3.05, 3.63) is 34.6 Å². The molecule has 6 heteroatoms. The molecule has 0 aliphatic rings. The van der Waals surface area contributed by atoms with Crippen LogP contribution in [0.4, 0.5) is 9.18 Å². The number of benzene rings is 1. The molecule has 0 spiro atoms. The van der Waals surface area contributed by atoms with Crippen molar-refractivity contribution in [2.75, 3.05) is 13.2 Å². The fourth-order valence-corrected chi connectivity index (χ4v) is 1.86. The monoisotopic (exact) mass is 317 g/mol. The number of hydrogen-bond acceptors (Lipinski definition) is 3. The lowest BCUT2D eigenvalue weighted by Crippen LogP contribution is -2.36. The number of amides is 1. The maximum atomic E-state index is 13.3. The van der Waals surface area contributed by atoms with Gasteiger partial charge in [-0.25, -0.2) is 9.18 Å². The van der Waals surface area contributed by atoms with Crippen LogP contribution in [0.2, 0.25) is 5.02 Å². The van der Waals surface area contributed by atoms with Crippen molar-refractivity contribution >= 4 is 17.7 Å². The van der Waals surface area contributed by atoms with Gasteiger partial charge in [-0.05, 0) is 44.9 Å². The normalized spacial score (nSPS) is 12.9. The molecule has 0 fully saturated rings. The standard InChI is InChI=1S/C15H21ClFNO3/c1-15(2,3)21-14(20)18-8-11(9-19)6-10-4-5-12(16)13(17)7-10/h4-5,7,11,19H,6,8-9H2,1-3H3,(H,18,20). The number of carbonyl (C=O) groups excluding carboxylic acids is 1. The van der Waals surface area contributed by atoms with E-state index in [-0.39, 0.29) is 24.1 Å². The zero-order chi connectivity index (χ0) is 16.0. The molecule has 0 bridgehead atoms. The van der Waals surface area contributed by atoms with Gasteiger partial charge < -0.3 is 15.2 Å². The SMILES string of the molecule is CC(C)(C)OC(=O)NCC(CO)Cc1ccc(Cl)c(F)c1. The molecule has 0 radical (unpaired) electrons. The zero-order valence-electron chi connectivity index (χ0n) is 12.5. The summed E-state index contributed by atoms with van der Waals surface area (Å²) in [4.78, 5) is 11.5. The Morgan fingerprint density at radius 1 is 1.48 bits per heavy atom. The lowest BCUT2D eigenvalue weighted by molar-refractivity contribution is 0.0512. The Labute approximate surface area is 129 Å². The molecule has 0 saturated heterocycles. The van der Waals surface area contributed by atoms with Gasteiger partial charge in [-0.15, -0.1) is 0 Å². The maximum absolute atomic E-state index is 13.3. The summed E-state index contributed by atoms with van der Waals surface area (Å²) in [6, 6.07) is 4.50. The average molecular weight is 318 g/mol. The van der Waals surface area contributed by atoms with E-state index in [2.05, 4.69) is 5.32 Å². The number of aliphatic hydroxyl groups excluding tert-OH is 1. The van der Waals surface area contributed by atoms with Crippen LogP contribution >= 0.6 is 11.6 Å². The minimum Gasteiger partial charge on any atom is -0.444 e. The van der Waals surface area contributed by atoms with Crippen LogP contribution in [-0.2, 0) is 11.2 Å². The van der Waals surface area contributed by atoms with E-state index in [1.54, 1.807) is 26.8 Å². The van der Waals surface area contributed by atoms with E-state index in [4.69, 9.17) is 16.3 Å². The van der Waals surface area contributed by atoms with Crippen molar-refractivity contribution in [1.29, 1.82) is 0 Å². The molecule has 1 unspecified atom stereocenters. The maximum Gasteiger partial charge on any atom is 0.407 e. The highest BCUT2D eigenvalue weighted by Gasteiger charge is 2.17. The van der Waals surface area contributed by atoms with E-state index in [0.717, 1.165) is 0 Å². The summed E-state index contributed by atoms with van der Waals surface area (Å²) in [5.74, 6) is -0.718. The molecule has 118 valence electrons. The summed E-state index contributed by atoms with van der Waals surface area (Å²) in [5.41, 5.74) is 0.139. The Morgan fingerprint density at radius 2 is 2.14 bits per heavy atom. The molecule has 2 N–H and O–H groups in total. The molecule has 1 aromatic rings. The van der Waals surface area contributed by atoms with Crippen LogP contribution in [-0.4, -0.2) is 30.0 Å². The molecule has 0 aliphatic heterocycles. The smallest absolute Gasteiger partial charge is 0.407 e. The van der Waals surface area contributed by atoms with Crippen LogP contribution < -0.4 is 5.32 Å². The average Bonchev–Trinajstić information content (AvgIpc) is 2.36. The summed E-state index contributed by atoms with van der Waals surface area (Å²) in [6.07, 6.45) is -0.108. The molecule has 1 amide bonds. The fourth-order valence-electron chi connectivity index (χ4n) is 1.74. The minimum atomic E-state index is -0.571. The second-order valence-corrected chi connectivity index (χ2v) is 6.29. The van der Waals surface area contributed by atoms with E-state index in [1.807, 2.05) is 0 Å². The lowest BCUT2D eigenvalue weighted by atomic mass is 10.00. The number of alkyl carbamates (subject to hydrolysis) is 1. The molecule has 1 rings (SSSR count). The largest absolute Gasteiger partial charge is 0.444 e. The first kappa shape index (κ1) is 17.7. The van der Waals surface area contributed by atoms with Gasteiger partial charge in [-0.2, -0.15) is 0 Å². The predicted molar refractivity (Wildman–Crippen MR) is 79.9 cm³/mol. The molecule has 1 aromatic carbocycles. The number of carbonyl (C=O) groups is 1. The van der Waals surface area contributed by atoms with E-state index >= 15 is 0 Å². The Hall–Kier alpha value is -1.33. The molecule has 4 nitrogen and oxygen atoms in total. The molecular weight excluding hydrogens is 297 g/mol. The van der Waals surface area contributed by atoms with Crippen LogP contribution in [0, 0.1) is 11.7 Å². The summed E-state index contributed by atoms with van der Waals surface area (Å²) in [5, 5.41) is 12.0. The van der Waals surface area contributed by atoms with Crippen molar-refractivity contribution in [3.8, 4) is 0 Å². The number of nitrogens with one attached hydrogen (secondary N) is 1. The molecule has 1 atom stereocenters. The summed E-state index contributed by atoms with van der Waals surface area (Å²) in [6.45, 7) is 5.43. The van der Waals surface area contributed by atoms with Gasteiger partial charge in [0.15, 0.2) is 0 Å². The topological polar surface area (TPSA) is 58.6 Å². The van der Waals surface area contributed by atoms with Gasteiger partial charge in [0.05, 0.1) is 5.02 Å². The fraction of sp³-hybridized carbons (Fsp3) is 0.533. The second kappa shape index (κ2) is 7.61. The Balaban J connectivity index is 2.51. The van der Waals surface area contributed by atoms with Crippen LogP contribution in [0.5, 0.6) is 0 Å². The van der Waals surface area contributed by atoms with Crippen molar-refractivity contribution in [2.24, 2.45) is 5.92 Å². The highest BCUT2D eigenvalue weighted by molar-refractivity contribution is 6.30. The number of aliphatic hydroxyl groups is 1. The first-order valence-electron chi connectivity index (χ1n) is 6.73. The van der Waals surface area contributed by atoms with E-state index in [9.17, 15) is 14.3 Å². The Bertz CT molecular complexity index is 488. The second-order valence-electron chi connectivity index (χ2n) is 5.88. The van der Waals surface area contributed by atoms with E-state index < -0.39 is 17.5 Å². The van der Waals surface area contributed by atoms with Gasteiger partial charge in [0.1, 0.15) is 11.4 Å². The Kier molecular flexibility index (Phi) is 6.42. The van der Waals surface area contributed by atoms with E-state index in [1.165, 1.54) is 12.1 Å². The lowest BCUT2D eigenvalue weighted by Gasteiger charge is -2.21. The highest BCUT2D eigenvalue weighted by atomic mass is 35.5. The first-order chi connectivity index (χ1) is 9.71. The van der Waals surface area contributed by atoms with Gasteiger partial charge in [0.25, 0.3) is 0 Å². The summed E-state index contributed by atoms with van der Waals surface area (Å²) >= 11 is 5.62. The van der Waals surface area contributed by atoms with Crippen LogP contribution in [0.1, 0.15) is 26.3 Å². The van der Waals surface area contributed by atoms with Gasteiger partial charge in [0, 0.05) is 19.1 Å². The Morgan fingerprint density at radius 3 is 2.67 bits per heavy atom. The summed E-state index contributed by atoms with van der Waals surface area (Å²) < 4.78 is 18.5. The predicted octanol–water partition coefficient (Wildman–Crippen LogP) is 3.15. The quantitative estimate of drug-likeness (QED) is 0.877. The minimum absolute atomic E-state index is 0.0613. The first-order valence-corrected chi connectivity index (χ1v) is 7.10. The molecular formula is C15H21ClFNO3. The third kappa shape index (κ3) is 6.78. The van der Waals surface area contributed by atoms with Crippen LogP contribution in [0.15, 0.2) is 18.2 Å². The van der Waals surface area contributed by atoms with E-state index in [0.29, 0.717) is 12.0 Å². The van der Waals surface area contributed by atoms with Gasteiger partial charge in [-0.1, -0.05) is 17.7 Å². The third-order valence-corrected chi connectivity index (χ3v) is 3.01. The molecule has 0 saturated carbocycles. The van der Waals surface area contributed by atoms with Crippen LogP contribution in [0.3, 0.4) is 0 Å². The molecule has 0 aromatic heterocycles. The van der Waals surface area contributed by atoms with Crippen LogP contribution in [0.25, 0.3) is 0 Å². The number of ether oxygens (including phenoxy) is 1. The van der Waals surface area contributed by atoms with Gasteiger partial charge >= 0.3 is 6.09 Å². The zero-order valence-corrected chi connectivity index (χ0v) is 13.2. The van der Waals surface area contributed by atoms with Crippen molar-refractivity contribution in [1.82, 2.24) is 5.32 Å². The third-order valence-electron chi connectivity index (χ3n) is 2.70. The summed E-state index contributed by atoms with van der Waals surface area (Å²) in [7, 11) is 0. The van der Waals surface area contributed by atoms with Crippen molar-refractivity contribution < 1.29 is 19.0 Å². The number of rotatable bonds is 5. The molecule has 0 heterocycles. The highest BCUT2D eigenvalue weighted by Crippen LogP contribution is 2.17. The van der Waals surface area contributed by atoms with Crippen molar-refractivity contribution in [3.63, 3.8) is 0 Å². The van der Waals surface area contributed by atoms with Crippen molar-refractivity contribution in [2.45, 2.75) is 32.8 Å². The molecule has 0 aliphatic carbocycles. The number of halogens is 2.